The Hall–Kier alpha value is -1.56. The maximum atomic E-state index is 10.2. The normalized spacial score (nSPS) is 38.5. The van der Waals surface area contributed by atoms with Crippen LogP contribution in [0.2, 0.25) is 0 Å². The number of rotatable bonds is 0. The minimum atomic E-state index is -0.456. The summed E-state index contributed by atoms with van der Waals surface area (Å²) in [7, 11) is 2.09. The molecule has 3 heterocycles. The van der Waals surface area contributed by atoms with Gasteiger partial charge in [0.1, 0.15) is 5.72 Å². The van der Waals surface area contributed by atoms with Crippen LogP contribution in [0.4, 0.5) is 0 Å². The van der Waals surface area contributed by atoms with E-state index in [1.54, 1.807) is 0 Å². The molecule has 5 nitrogen and oxygen atoms in total. The van der Waals surface area contributed by atoms with Crippen LogP contribution in [0.3, 0.4) is 0 Å². The maximum absolute atomic E-state index is 10.2. The summed E-state index contributed by atoms with van der Waals surface area (Å²) in [5, 5.41) is 10.2. The van der Waals surface area contributed by atoms with Crippen molar-refractivity contribution in [3.8, 4) is 11.5 Å². The van der Waals surface area contributed by atoms with Crippen LogP contribution in [0.1, 0.15) is 24.0 Å². The molecular weight excluding hydrogens is 282 g/mol. The number of likely N-dealkylation sites (tertiary alicyclic amines) is 1. The third kappa shape index (κ3) is 1.35. The van der Waals surface area contributed by atoms with Gasteiger partial charge < -0.3 is 19.3 Å². The highest BCUT2D eigenvalue weighted by Gasteiger charge is 2.63. The second-order valence-corrected chi connectivity index (χ2v) is 6.71. The van der Waals surface area contributed by atoms with Crippen LogP contribution in [0.15, 0.2) is 24.3 Å². The van der Waals surface area contributed by atoms with Crippen molar-refractivity contribution in [3.05, 3.63) is 35.4 Å². The van der Waals surface area contributed by atoms with Crippen LogP contribution in [0.25, 0.3) is 0 Å². The lowest BCUT2D eigenvalue weighted by Crippen LogP contribution is -2.61. The fraction of sp³-hybridized carbons (Fsp3) is 0.529. The van der Waals surface area contributed by atoms with Gasteiger partial charge in [-0.05, 0) is 36.7 Å². The van der Waals surface area contributed by atoms with Gasteiger partial charge in [-0.15, -0.1) is 0 Å². The highest BCUT2D eigenvalue weighted by molar-refractivity contribution is 5.55. The summed E-state index contributed by atoms with van der Waals surface area (Å²) >= 11 is 0. The Balaban J connectivity index is 1.76. The molecule has 1 aliphatic carbocycles. The summed E-state index contributed by atoms with van der Waals surface area (Å²) in [5.74, 6) is 1.62. The highest BCUT2D eigenvalue weighted by Crippen LogP contribution is 2.58. The van der Waals surface area contributed by atoms with Gasteiger partial charge in [0.2, 0.25) is 6.79 Å². The summed E-state index contributed by atoms with van der Waals surface area (Å²) in [6.07, 6.45) is 5.21. The second-order valence-electron chi connectivity index (χ2n) is 6.71. The topological polar surface area (TPSA) is 51.2 Å². The summed E-state index contributed by atoms with van der Waals surface area (Å²) in [6, 6.07) is 4.17. The van der Waals surface area contributed by atoms with Gasteiger partial charge in [-0.3, -0.25) is 4.90 Å². The highest BCUT2D eigenvalue weighted by atomic mass is 16.7. The molecule has 116 valence electrons. The van der Waals surface area contributed by atoms with Crippen LogP contribution in [0, 0.1) is 0 Å². The molecule has 1 saturated heterocycles. The van der Waals surface area contributed by atoms with Gasteiger partial charge in [-0.2, -0.15) is 0 Å². The van der Waals surface area contributed by atoms with Crippen molar-refractivity contribution in [1.82, 2.24) is 4.90 Å². The molecule has 1 aromatic rings. The van der Waals surface area contributed by atoms with Crippen LogP contribution in [-0.4, -0.2) is 42.2 Å². The first-order valence-electron chi connectivity index (χ1n) is 7.80. The number of hydrogen-bond donors (Lipinski definition) is 1. The van der Waals surface area contributed by atoms with Crippen LogP contribution >= 0.6 is 0 Å². The molecule has 1 N–H and O–H groups in total. The van der Waals surface area contributed by atoms with Crippen LogP contribution < -0.4 is 9.47 Å². The predicted molar refractivity (Wildman–Crippen MR) is 78.8 cm³/mol. The Bertz CT molecular complexity index is 687. The van der Waals surface area contributed by atoms with Crippen LogP contribution in [-0.2, 0) is 16.8 Å². The van der Waals surface area contributed by atoms with Gasteiger partial charge in [0.25, 0.3) is 0 Å². The van der Waals surface area contributed by atoms with Crippen molar-refractivity contribution < 1.29 is 19.3 Å². The molecule has 0 spiro atoms. The number of nitrogens with zero attached hydrogens (tertiary/aromatic N) is 1. The van der Waals surface area contributed by atoms with E-state index < -0.39 is 11.8 Å². The quantitative estimate of drug-likeness (QED) is 0.737. The monoisotopic (exact) mass is 301 g/mol. The van der Waals surface area contributed by atoms with Crippen molar-refractivity contribution in [2.24, 2.45) is 0 Å². The fourth-order valence-corrected chi connectivity index (χ4v) is 4.69. The zero-order valence-electron chi connectivity index (χ0n) is 12.5. The fourth-order valence-electron chi connectivity index (χ4n) is 4.69. The largest absolute Gasteiger partial charge is 0.454 e. The predicted octanol–water partition coefficient (Wildman–Crippen LogP) is 1.54. The number of hydrogen-bond acceptors (Lipinski definition) is 5. The second kappa shape index (κ2) is 4.04. The summed E-state index contributed by atoms with van der Waals surface area (Å²) in [5.41, 5.74) is 1.75. The van der Waals surface area contributed by atoms with Gasteiger partial charge in [-0.1, -0.05) is 12.2 Å². The first-order chi connectivity index (χ1) is 10.6. The van der Waals surface area contributed by atoms with Gasteiger partial charge >= 0.3 is 0 Å². The molecule has 0 bridgehead atoms. The number of aliphatic hydroxyl groups excluding tert-OH is 1. The van der Waals surface area contributed by atoms with E-state index in [0.29, 0.717) is 13.0 Å². The number of aliphatic hydroxyl groups is 1. The van der Waals surface area contributed by atoms with E-state index in [1.165, 1.54) is 5.56 Å². The van der Waals surface area contributed by atoms with E-state index in [-0.39, 0.29) is 12.2 Å². The Morgan fingerprint density at radius 3 is 2.95 bits per heavy atom. The van der Waals surface area contributed by atoms with E-state index in [1.807, 2.05) is 12.1 Å². The molecule has 1 fully saturated rings. The molecule has 0 radical (unpaired) electrons. The molecule has 3 aliphatic heterocycles. The van der Waals surface area contributed by atoms with E-state index in [0.717, 1.165) is 30.0 Å². The molecule has 1 unspecified atom stereocenters. The zero-order valence-corrected chi connectivity index (χ0v) is 12.5. The van der Waals surface area contributed by atoms with Gasteiger partial charge in [0.15, 0.2) is 11.5 Å². The zero-order chi connectivity index (χ0) is 14.9. The molecule has 5 rings (SSSR count). The molecular formula is C17H19NO4. The van der Waals surface area contributed by atoms with Crippen LogP contribution in [0.5, 0.6) is 11.5 Å². The maximum Gasteiger partial charge on any atom is 0.231 e. The first kappa shape index (κ1) is 12.9. The first-order valence-corrected chi connectivity index (χ1v) is 7.80. The Morgan fingerprint density at radius 1 is 1.27 bits per heavy atom. The number of benzene rings is 1. The van der Waals surface area contributed by atoms with Crippen molar-refractivity contribution in [3.63, 3.8) is 0 Å². The van der Waals surface area contributed by atoms with Crippen molar-refractivity contribution in [2.75, 3.05) is 20.4 Å². The van der Waals surface area contributed by atoms with E-state index in [2.05, 4.69) is 24.1 Å². The number of ether oxygens (including phenoxy) is 3. The Kier molecular flexibility index (Phi) is 2.38. The molecule has 22 heavy (non-hydrogen) atoms. The summed E-state index contributed by atoms with van der Waals surface area (Å²) < 4.78 is 17.5. The average Bonchev–Trinajstić information content (AvgIpc) is 3.08. The molecule has 5 heteroatoms. The Morgan fingerprint density at radius 2 is 2.09 bits per heavy atom. The third-order valence-electron chi connectivity index (χ3n) is 5.79. The van der Waals surface area contributed by atoms with Gasteiger partial charge in [-0.25, -0.2) is 0 Å². The van der Waals surface area contributed by atoms with Crippen molar-refractivity contribution in [1.29, 1.82) is 0 Å². The van der Waals surface area contributed by atoms with Crippen molar-refractivity contribution >= 4 is 0 Å². The lowest BCUT2D eigenvalue weighted by atomic mass is 9.64. The molecule has 0 saturated carbocycles. The molecule has 1 aromatic carbocycles. The van der Waals surface area contributed by atoms with Gasteiger partial charge in [0.05, 0.1) is 18.1 Å². The minimum Gasteiger partial charge on any atom is -0.454 e. The average molecular weight is 301 g/mol. The molecule has 3 atom stereocenters. The standard InChI is InChI=1S/C17H19NO4/c1-18-5-4-16-3-2-12(19)8-17(16,18)22-9-11-6-14-15(7-13(11)16)21-10-20-14/h2-3,6-7,12,19H,4-5,8-10H2,1H3/t12?,16-,17+/m0/s1. The lowest BCUT2D eigenvalue weighted by molar-refractivity contribution is -0.190. The molecule has 4 aliphatic rings. The third-order valence-corrected chi connectivity index (χ3v) is 5.79. The molecule has 0 aromatic heterocycles. The number of fused-ring (bicyclic) bond motifs is 2. The van der Waals surface area contributed by atoms with Gasteiger partial charge in [0, 0.05) is 13.0 Å². The SMILES string of the molecule is CN1CC[C@]23C=CC(O)C[C@]12OCc1cc2c(cc13)OCO2. The number of likely N-dealkylation sites (N-methyl/N-ethyl adjacent to an activating group) is 1. The minimum absolute atomic E-state index is 0.213. The Labute approximate surface area is 129 Å². The molecule has 0 amide bonds. The van der Waals surface area contributed by atoms with E-state index in [4.69, 9.17) is 14.2 Å². The summed E-state index contributed by atoms with van der Waals surface area (Å²) in [4.78, 5) is 2.26. The smallest absolute Gasteiger partial charge is 0.231 e. The van der Waals surface area contributed by atoms with E-state index >= 15 is 0 Å². The van der Waals surface area contributed by atoms with E-state index in [9.17, 15) is 5.11 Å². The lowest BCUT2D eigenvalue weighted by Gasteiger charge is -2.53. The van der Waals surface area contributed by atoms with Crippen molar-refractivity contribution in [2.45, 2.75) is 36.7 Å². The summed E-state index contributed by atoms with van der Waals surface area (Å²) in [6.45, 7) is 1.77.